The van der Waals surface area contributed by atoms with E-state index in [0.29, 0.717) is 29.3 Å². The monoisotopic (exact) mass is 420 g/mol. The van der Waals surface area contributed by atoms with Gasteiger partial charge in [-0.2, -0.15) is 0 Å². The van der Waals surface area contributed by atoms with Gasteiger partial charge in [-0.1, -0.05) is 48.5 Å². The van der Waals surface area contributed by atoms with E-state index in [9.17, 15) is 14.4 Å². The first-order valence-corrected chi connectivity index (χ1v) is 10.4. The topological polar surface area (TPSA) is 80.5 Å². The number of likely N-dealkylation sites (N-methyl/N-ethyl adjacent to an activating group) is 1. The van der Waals surface area contributed by atoms with Crippen molar-refractivity contribution in [2.45, 2.75) is 24.5 Å². The van der Waals surface area contributed by atoms with Crippen LogP contribution in [0.5, 0.6) is 0 Å². The molecule has 1 atom stereocenters. The molecule has 0 saturated carbocycles. The van der Waals surface area contributed by atoms with Gasteiger partial charge in [0.25, 0.3) is 11.1 Å². The number of benzene rings is 2. The number of thioether (sulfide) groups is 1. The van der Waals surface area contributed by atoms with Gasteiger partial charge in [-0.3, -0.25) is 19.3 Å². The first-order valence-electron chi connectivity index (χ1n) is 9.55. The molecule has 7 heteroatoms. The molecule has 2 heterocycles. The highest BCUT2D eigenvalue weighted by Crippen LogP contribution is 2.46. The summed E-state index contributed by atoms with van der Waals surface area (Å²) in [4.78, 5) is 44.1. The Labute approximate surface area is 178 Å². The third-order valence-electron chi connectivity index (χ3n) is 5.20. The minimum absolute atomic E-state index is 0.0658. The molecule has 0 bridgehead atoms. The lowest BCUT2D eigenvalue weighted by molar-refractivity contribution is -0.135. The maximum absolute atomic E-state index is 13.4. The summed E-state index contributed by atoms with van der Waals surface area (Å²) in [5.74, 6) is 0.309. The summed E-state index contributed by atoms with van der Waals surface area (Å²) >= 11 is 0.776. The van der Waals surface area contributed by atoms with E-state index in [0.717, 1.165) is 22.2 Å². The number of carbonyl (C=O) groups is 3. The van der Waals surface area contributed by atoms with Gasteiger partial charge in [0, 0.05) is 25.5 Å². The van der Waals surface area contributed by atoms with Gasteiger partial charge in [-0.05, 0) is 36.4 Å². The zero-order valence-corrected chi connectivity index (χ0v) is 17.4. The third-order valence-corrected chi connectivity index (χ3v) is 6.59. The number of nitrogens with zero attached hydrogens (tertiary/aromatic N) is 2. The van der Waals surface area contributed by atoms with Gasteiger partial charge in [0.15, 0.2) is 10.5 Å². The summed E-state index contributed by atoms with van der Waals surface area (Å²) in [6.45, 7) is 1.80. The zero-order chi connectivity index (χ0) is 21.3. The van der Waals surface area contributed by atoms with Crippen LogP contribution in [0.1, 0.15) is 23.4 Å². The first kappa shape index (κ1) is 20.1. The molecular weight excluding hydrogens is 400 g/mol. The van der Waals surface area contributed by atoms with Crippen molar-refractivity contribution in [3.63, 3.8) is 0 Å². The maximum atomic E-state index is 13.4. The van der Waals surface area contributed by atoms with Crippen molar-refractivity contribution in [2.75, 3.05) is 7.05 Å². The third kappa shape index (κ3) is 3.35. The Hall–Kier alpha value is -3.19. The quantitative estimate of drug-likeness (QED) is 0.551. The minimum Gasteiger partial charge on any atom is -0.441 e. The van der Waals surface area contributed by atoms with Gasteiger partial charge >= 0.3 is 0 Å². The molecule has 0 N–H and O–H groups in total. The van der Waals surface area contributed by atoms with Crippen LogP contribution in [0.25, 0.3) is 11.5 Å². The van der Waals surface area contributed by atoms with E-state index in [1.54, 1.807) is 37.3 Å². The Morgan fingerprint density at radius 3 is 2.30 bits per heavy atom. The molecule has 0 aliphatic carbocycles. The van der Waals surface area contributed by atoms with Crippen molar-refractivity contribution >= 4 is 28.7 Å². The molecule has 0 spiro atoms. The van der Waals surface area contributed by atoms with E-state index >= 15 is 0 Å². The minimum atomic E-state index is -1.55. The fraction of sp³-hybridized carbons (Fsp3) is 0.217. The highest BCUT2D eigenvalue weighted by Gasteiger charge is 2.57. The van der Waals surface area contributed by atoms with E-state index in [1.165, 1.54) is 7.05 Å². The van der Waals surface area contributed by atoms with Crippen molar-refractivity contribution in [1.29, 1.82) is 0 Å². The van der Waals surface area contributed by atoms with Crippen molar-refractivity contribution in [1.82, 2.24) is 9.88 Å². The average Bonchev–Trinajstić information content (AvgIpc) is 3.26. The van der Waals surface area contributed by atoms with Crippen LogP contribution in [0.3, 0.4) is 0 Å². The predicted octanol–water partition coefficient (Wildman–Crippen LogP) is 4.37. The second-order valence-electron chi connectivity index (χ2n) is 7.09. The maximum Gasteiger partial charge on any atom is 0.289 e. The second-order valence-corrected chi connectivity index (χ2v) is 8.26. The van der Waals surface area contributed by atoms with Crippen molar-refractivity contribution in [2.24, 2.45) is 0 Å². The molecule has 3 aromatic rings. The number of aryl methyl sites for hydroxylation is 2. The molecule has 1 aliphatic heterocycles. The van der Waals surface area contributed by atoms with Crippen LogP contribution in [-0.4, -0.2) is 33.9 Å². The summed E-state index contributed by atoms with van der Waals surface area (Å²) in [5.41, 5.74) is 2.04. The lowest BCUT2D eigenvalue weighted by atomic mass is 9.89. The van der Waals surface area contributed by atoms with Crippen LogP contribution in [0, 0.1) is 6.92 Å². The summed E-state index contributed by atoms with van der Waals surface area (Å²) in [7, 11) is 1.41. The van der Waals surface area contributed by atoms with Gasteiger partial charge in [0.2, 0.25) is 5.89 Å². The van der Waals surface area contributed by atoms with Crippen LogP contribution in [0.2, 0.25) is 0 Å². The fourth-order valence-corrected chi connectivity index (χ4v) is 4.70. The highest BCUT2D eigenvalue weighted by atomic mass is 32.2. The lowest BCUT2D eigenvalue weighted by Crippen LogP contribution is -2.42. The standard InChI is InChI=1S/C23H20N2O4S/c1-15-18(24-20(29-15)16-9-5-3-6-10-16)13-14-19(26)23(17-11-7-4-8-12-17)21(27)25(2)22(28)30-23/h3-12H,13-14H2,1-2H3. The van der Waals surface area contributed by atoms with Crippen LogP contribution in [0.4, 0.5) is 4.79 Å². The van der Waals surface area contributed by atoms with E-state index in [1.807, 2.05) is 30.3 Å². The second kappa shape index (κ2) is 7.91. The van der Waals surface area contributed by atoms with E-state index in [4.69, 9.17) is 4.42 Å². The highest BCUT2D eigenvalue weighted by molar-refractivity contribution is 8.16. The number of hydrogen-bond donors (Lipinski definition) is 0. The fourth-order valence-electron chi connectivity index (χ4n) is 3.53. The molecule has 30 heavy (non-hydrogen) atoms. The van der Waals surface area contributed by atoms with Crippen LogP contribution in [-0.2, 0) is 20.8 Å². The Morgan fingerprint density at radius 1 is 1.07 bits per heavy atom. The molecule has 152 valence electrons. The number of ketones is 1. The molecule has 6 nitrogen and oxygen atoms in total. The molecule has 1 aliphatic rings. The normalized spacial score (nSPS) is 18.8. The zero-order valence-electron chi connectivity index (χ0n) is 16.6. The molecule has 1 unspecified atom stereocenters. The number of imide groups is 1. The van der Waals surface area contributed by atoms with Crippen LogP contribution < -0.4 is 0 Å². The Bertz CT molecular complexity index is 1110. The number of oxazole rings is 1. The summed E-state index contributed by atoms with van der Waals surface area (Å²) in [5, 5.41) is -0.429. The number of carbonyl (C=O) groups excluding carboxylic acids is 3. The summed E-state index contributed by atoms with van der Waals surface area (Å²) in [6, 6.07) is 18.3. The van der Waals surface area contributed by atoms with Gasteiger partial charge in [0.05, 0.1) is 5.69 Å². The molecular formula is C23H20N2O4S. The largest absolute Gasteiger partial charge is 0.441 e. The molecule has 2 amide bonds. The van der Waals surface area contributed by atoms with Crippen LogP contribution >= 0.6 is 11.8 Å². The first-order chi connectivity index (χ1) is 14.4. The lowest BCUT2D eigenvalue weighted by Gasteiger charge is -2.24. The van der Waals surface area contributed by atoms with E-state index in [2.05, 4.69) is 4.98 Å². The summed E-state index contributed by atoms with van der Waals surface area (Å²) < 4.78 is 4.22. The summed E-state index contributed by atoms with van der Waals surface area (Å²) in [6.07, 6.45) is 0.387. The number of hydrogen-bond acceptors (Lipinski definition) is 6. The number of rotatable bonds is 6. The van der Waals surface area contributed by atoms with E-state index < -0.39 is 15.9 Å². The molecule has 2 aromatic carbocycles. The van der Waals surface area contributed by atoms with Crippen molar-refractivity contribution < 1.29 is 18.8 Å². The number of amides is 2. The van der Waals surface area contributed by atoms with Crippen molar-refractivity contribution in [3.05, 3.63) is 77.7 Å². The Balaban J connectivity index is 1.60. The molecule has 0 radical (unpaired) electrons. The SMILES string of the molecule is Cc1oc(-c2ccccc2)nc1CCC(=O)C1(c2ccccc2)SC(=O)N(C)C1=O. The predicted molar refractivity (Wildman–Crippen MR) is 114 cm³/mol. The van der Waals surface area contributed by atoms with Gasteiger partial charge in [0.1, 0.15) is 5.76 Å². The Kier molecular flexibility index (Phi) is 5.30. The number of Topliss-reactive ketones (excluding diaryl/α,β-unsaturated/α-hetero) is 1. The van der Waals surface area contributed by atoms with Crippen LogP contribution in [0.15, 0.2) is 65.1 Å². The Morgan fingerprint density at radius 2 is 1.70 bits per heavy atom. The smallest absolute Gasteiger partial charge is 0.289 e. The van der Waals surface area contributed by atoms with Gasteiger partial charge in [-0.25, -0.2) is 4.98 Å². The van der Waals surface area contributed by atoms with Gasteiger partial charge in [-0.15, -0.1) is 0 Å². The van der Waals surface area contributed by atoms with E-state index in [-0.39, 0.29) is 12.2 Å². The average molecular weight is 420 g/mol. The molecule has 1 aromatic heterocycles. The van der Waals surface area contributed by atoms with Gasteiger partial charge < -0.3 is 4.42 Å². The molecule has 1 saturated heterocycles. The molecule has 1 fully saturated rings. The number of aromatic nitrogens is 1. The van der Waals surface area contributed by atoms with Crippen molar-refractivity contribution in [3.8, 4) is 11.5 Å². The molecule has 4 rings (SSSR count).